The minimum atomic E-state index is -3.75. The number of hydrogen-bond acceptors (Lipinski definition) is 5. The van der Waals surface area contributed by atoms with Gasteiger partial charge >= 0.3 is 5.97 Å². The van der Waals surface area contributed by atoms with Crippen LogP contribution in [0.3, 0.4) is 0 Å². The Morgan fingerprint density at radius 2 is 1.64 bits per heavy atom. The van der Waals surface area contributed by atoms with Crippen LogP contribution >= 0.6 is 11.6 Å². The fourth-order valence-corrected chi connectivity index (χ4v) is 3.60. The Labute approximate surface area is 169 Å². The maximum absolute atomic E-state index is 12.1. The molecule has 0 saturated carbocycles. The van der Waals surface area contributed by atoms with Gasteiger partial charge in [-0.2, -0.15) is 0 Å². The summed E-state index contributed by atoms with van der Waals surface area (Å²) in [7, 11) is -3.75. The molecule has 2 rings (SSSR count). The quantitative estimate of drug-likeness (QED) is 0.634. The predicted molar refractivity (Wildman–Crippen MR) is 107 cm³/mol. The van der Waals surface area contributed by atoms with Crippen molar-refractivity contribution in [2.24, 2.45) is 0 Å². The Morgan fingerprint density at radius 3 is 2.25 bits per heavy atom. The molecule has 0 fully saturated rings. The number of ether oxygens (including phenoxy) is 1. The van der Waals surface area contributed by atoms with Crippen molar-refractivity contribution in [1.82, 2.24) is 4.72 Å². The Hall–Kier alpha value is -2.42. The number of aryl methyl sites for hydroxylation is 2. The first-order valence-corrected chi connectivity index (χ1v) is 10.3. The smallest absolute Gasteiger partial charge is 0.307 e. The highest BCUT2D eigenvalue weighted by Crippen LogP contribution is 2.14. The molecule has 0 aliphatic rings. The Kier molecular flexibility index (Phi) is 7.56. The van der Waals surface area contributed by atoms with Gasteiger partial charge in [-0.15, -0.1) is 0 Å². The van der Waals surface area contributed by atoms with Crippen LogP contribution in [-0.4, -0.2) is 33.4 Å². The van der Waals surface area contributed by atoms with Crippen molar-refractivity contribution in [2.45, 2.75) is 25.2 Å². The van der Waals surface area contributed by atoms with Crippen molar-refractivity contribution in [3.63, 3.8) is 0 Å². The van der Waals surface area contributed by atoms with Crippen LogP contribution in [0.15, 0.2) is 47.4 Å². The highest BCUT2D eigenvalue weighted by atomic mass is 35.5. The molecule has 9 heteroatoms. The maximum atomic E-state index is 12.1. The topological polar surface area (TPSA) is 102 Å². The minimum absolute atomic E-state index is 0.0399. The molecule has 0 aliphatic heterocycles. The van der Waals surface area contributed by atoms with Gasteiger partial charge in [0.05, 0.1) is 11.3 Å². The van der Waals surface area contributed by atoms with Crippen molar-refractivity contribution in [2.75, 3.05) is 18.5 Å². The summed E-state index contributed by atoms with van der Waals surface area (Å²) in [4.78, 5) is 23.6. The van der Waals surface area contributed by atoms with Crippen molar-refractivity contribution in [1.29, 1.82) is 0 Å². The first-order valence-electron chi connectivity index (χ1n) is 8.45. The van der Waals surface area contributed by atoms with Crippen LogP contribution < -0.4 is 10.0 Å². The largest absolute Gasteiger partial charge is 0.456 e. The van der Waals surface area contributed by atoms with Gasteiger partial charge in [-0.3, -0.25) is 9.59 Å². The van der Waals surface area contributed by atoms with Gasteiger partial charge in [0.2, 0.25) is 10.0 Å². The summed E-state index contributed by atoms with van der Waals surface area (Å²) in [5.74, 6) is -1.16. The number of hydrogen-bond donors (Lipinski definition) is 2. The first-order chi connectivity index (χ1) is 13.2. The number of amides is 1. The van der Waals surface area contributed by atoms with Crippen molar-refractivity contribution < 1.29 is 22.7 Å². The number of carbonyl (C=O) groups is 2. The van der Waals surface area contributed by atoms with E-state index in [0.717, 1.165) is 11.1 Å². The highest BCUT2D eigenvalue weighted by molar-refractivity contribution is 7.89. The summed E-state index contributed by atoms with van der Waals surface area (Å²) >= 11 is 5.73. The van der Waals surface area contributed by atoms with E-state index in [0.29, 0.717) is 10.7 Å². The summed E-state index contributed by atoms with van der Waals surface area (Å²) in [6, 6.07) is 11.2. The van der Waals surface area contributed by atoms with Gasteiger partial charge in [-0.1, -0.05) is 17.7 Å². The summed E-state index contributed by atoms with van der Waals surface area (Å²) in [6.07, 6.45) is -0.205. The Bertz CT molecular complexity index is 939. The van der Waals surface area contributed by atoms with Crippen molar-refractivity contribution in [3.05, 3.63) is 58.6 Å². The van der Waals surface area contributed by atoms with Gasteiger partial charge in [0.15, 0.2) is 6.61 Å². The molecule has 150 valence electrons. The lowest BCUT2D eigenvalue weighted by Crippen LogP contribution is -2.28. The van der Waals surface area contributed by atoms with Crippen LogP contribution in [0.1, 0.15) is 17.5 Å². The number of carbonyl (C=O) groups excluding carboxylic acids is 2. The molecule has 0 spiro atoms. The zero-order chi connectivity index (χ0) is 20.7. The molecule has 0 heterocycles. The van der Waals surface area contributed by atoms with Crippen LogP contribution in [0.4, 0.5) is 5.69 Å². The standard InChI is InChI=1S/C19H21ClN2O5S/c1-13-9-14(2)11-16(10-13)22-18(23)12-27-19(24)7-8-21-28(25,26)17-5-3-15(20)4-6-17/h3-6,9-11,21H,7-8,12H2,1-2H3,(H,22,23). The zero-order valence-corrected chi connectivity index (χ0v) is 17.1. The molecule has 2 N–H and O–H groups in total. The third-order valence-corrected chi connectivity index (χ3v) is 5.34. The second-order valence-corrected chi connectivity index (χ2v) is 8.39. The number of rotatable bonds is 8. The van der Waals surface area contributed by atoms with Gasteiger partial charge in [0.25, 0.3) is 5.91 Å². The first kappa shape index (κ1) is 21.9. The van der Waals surface area contributed by atoms with E-state index in [9.17, 15) is 18.0 Å². The number of esters is 1. The number of sulfonamides is 1. The van der Waals surface area contributed by atoms with Gasteiger partial charge in [0, 0.05) is 17.3 Å². The molecule has 0 bridgehead atoms. The highest BCUT2D eigenvalue weighted by Gasteiger charge is 2.15. The molecular weight excluding hydrogens is 404 g/mol. The fraction of sp³-hybridized carbons (Fsp3) is 0.263. The summed E-state index contributed by atoms with van der Waals surface area (Å²) in [6.45, 7) is 3.22. The summed E-state index contributed by atoms with van der Waals surface area (Å²) < 4.78 is 31.3. The van der Waals surface area contributed by atoms with E-state index < -0.39 is 28.5 Å². The van der Waals surface area contributed by atoms with Crippen LogP contribution in [0.25, 0.3) is 0 Å². The molecule has 2 aromatic rings. The second kappa shape index (κ2) is 9.68. The lowest BCUT2D eigenvalue weighted by molar-refractivity contribution is -0.147. The maximum Gasteiger partial charge on any atom is 0.307 e. The van der Waals surface area contributed by atoms with E-state index in [4.69, 9.17) is 16.3 Å². The Balaban J connectivity index is 1.75. The molecule has 2 aromatic carbocycles. The summed E-state index contributed by atoms with van der Waals surface area (Å²) in [5.41, 5.74) is 2.62. The van der Waals surface area contributed by atoms with Gasteiger partial charge in [-0.05, 0) is 61.4 Å². The normalized spacial score (nSPS) is 11.1. The lowest BCUT2D eigenvalue weighted by Gasteiger charge is -2.09. The summed E-state index contributed by atoms with van der Waals surface area (Å²) in [5, 5.41) is 3.07. The molecule has 0 aliphatic carbocycles. The third kappa shape index (κ3) is 6.95. The van der Waals surface area contributed by atoms with Gasteiger partial charge < -0.3 is 10.1 Å². The van der Waals surface area contributed by atoms with E-state index in [1.807, 2.05) is 19.9 Å². The molecule has 0 saturated heterocycles. The van der Waals surface area contributed by atoms with Crippen LogP contribution in [0, 0.1) is 13.8 Å². The molecule has 0 aromatic heterocycles. The zero-order valence-electron chi connectivity index (χ0n) is 15.5. The monoisotopic (exact) mass is 424 g/mol. The molecule has 0 unspecified atom stereocenters. The van der Waals surface area contributed by atoms with Crippen LogP contribution in [-0.2, 0) is 24.3 Å². The van der Waals surface area contributed by atoms with Crippen LogP contribution in [0.5, 0.6) is 0 Å². The molecule has 0 radical (unpaired) electrons. The molecular formula is C19H21ClN2O5S. The average Bonchev–Trinajstić information content (AvgIpc) is 2.59. The van der Waals surface area contributed by atoms with Crippen molar-refractivity contribution >= 4 is 39.2 Å². The van der Waals surface area contributed by atoms with E-state index >= 15 is 0 Å². The van der Waals surface area contributed by atoms with E-state index in [2.05, 4.69) is 10.0 Å². The Morgan fingerprint density at radius 1 is 1.04 bits per heavy atom. The molecule has 28 heavy (non-hydrogen) atoms. The van der Waals surface area contributed by atoms with E-state index in [-0.39, 0.29) is 17.9 Å². The molecule has 1 amide bonds. The van der Waals surface area contributed by atoms with Crippen LogP contribution in [0.2, 0.25) is 5.02 Å². The molecule has 0 atom stereocenters. The van der Waals surface area contributed by atoms with E-state index in [1.165, 1.54) is 24.3 Å². The molecule has 7 nitrogen and oxygen atoms in total. The van der Waals surface area contributed by atoms with Gasteiger partial charge in [0.1, 0.15) is 0 Å². The van der Waals surface area contributed by atoms with Crippen molar-refractivity contribution in [3.8, 4) is 0 Å². The number of benzene rings is 2. The second-order valence-electron chi connectivity index (χ2n) is 6.19. The SMILES string of the molecule is Cc1cc(C)cc(NC(=O)COC(=O)CCNS(=O)(=O)c2ccc(Cl)cc2)c1. The fourth-order valence-electron chi connectivity index (χ4n) is 2.45. The number of anilines is 1. The number of halogens is 1. The van der Waals surface area contributed by atoms with Gasteiger partial charge in [-0.25, -0.2) is 13.1 Å². The van der Waals surface area contributed by atoms with E-state index in [1.54, 1.807) is 12.1 Å². The lowest BCUT2D eigenvalue weighted by atomic mass is 10.1. The number of nitrogens with one attached hydrogen (secondary N) is 2. The average molecular weight is 425 g/mol. The minimum Gasteiger partial charge on any atom is -0.456 e. The predicted octanol–water partition coefficient (Wildman–Crippen LogP) is 2.81. The third-order valence-electron chi connectivity index (χ3n) is 3.61.